The van der Waals surface area contributed by atoms with E-state index in [0.717, 1.165) is 27.8 Å². The Morgan fingerprint density at radius 3 is 2.71 bits per heavy atom. The van der Waals surface area contributed by atoms with E-state index < -0.39 is 5.91 Å². The molecule has 28 heavy (non-hydrogen) atoms. The monoisotopic (exact) mass is 471 g/mol. The quantitative estimate of drug-likeness (QED) is 0.257. The summed E-state index contributed by atoms with van der Waals surface area (Å²) in [4.78, 5) is 20.9. The summed E-state index contributed by atoms with van der Waals surface area (Å²) < 4.78 is 0.748. The van der Waals surface area contributed by atoms with Crippen molar-refractivity contribution >= 4 is 69.1 Å². The highest BCUT2D eigenvalue weighted by Crippen LogP contribution is 2.29. The number of amides is 1. The summed E-state index contributed by atoms with van der Waals surface area (Å²) in [6.07, 6.45) is 2.42. The lowest BCUT2D eigenvalue weighted by Gasteiger charge is -2.04. The van der Waals surface area contributed by atoms with E-state index in [1.807, 2.05) is 24.3 Å². The zero-order valence-corrected chi connectivity index (χ0v) is 18.6. The van der Waals surface area contributed by atoms with Gasteiger partial charge in [0.15, 0.2) is 15.2 Å². The zero-order chi connectivity index (χ0) is 19.9. The minimum Gasteiger partial charge on any atom is -0.295 e. The molecule has 0 aliphatic rings. The van der Waals surface area contributed by atoms with Gasteiger partial charge in [-0.15, -0.1) is 10.2 Å². The third kappa shape index (κ3) is 6.05. The molecule has 0 atom stereocenters. The summed E-state index contributed by atoms with van der Waals surface area (Å²) in [5.74, 6) is 1.17. The highest BCUT2D eigenvalue weighted by molar-refractivity contribution is 8.00. The van der Waals surface area contributed by atoms with Crippen LogP contribution in [0.3, 0.4) is 0 Å². The Morgan fingerprint density at radius 2 is 1.96 bits per heavy atom. The van der Waals surface area contributed by atoms with Gasteiger partial charge >= 0.3 is 0 Å². The number of halogens is 2. The first-order chi connectivity index (χ1) is 13.5. The van der Waals surface area contributed by atoms with E-state index in [-0.39, 0.29) is 10.7 Å². The fourth-order valence-electron chi connectivity index (χ4n) is 1.97. The van der Waals surface area contributed by atoms with Crippen LogP contribution in [0.4, 0.5) is 5.13 Å². The highest BCUT2D eigenvalue weighted by atomic mass is 35.5. The fourth-order valence-corrected chi connectivity index (χ4v) is 4.65. The Bertz CT molecular complexity index is 952. The summed E-state index contributed by atoms with van der Waals surface area (Å²) in [5, 5.41) is 12.6. The van der Waals surface area contributed by atoms with E-state index in [9.17, 15) is 4.79 Å². The van der Waals surface area contributed by atoms with Gasteiger partial charge in [-0.25, -0.2) is 9.97 Å². The molecule has 11 heteroatoms. The van der Waals surface area contributed by atoms with Gasteiger partial charge in [-0.2, -0.15) is 0 Å². The minimum atomic E-state index is -0.434. The van der Waals surface area contributed by atoms with E-state index >= 15 is 0 Å². The SMILES string of the molecule is CCCSc1ncc(Cl)c(C(=O)Nc2nnc(SCc3ccc(Cl)cc3)s2)n1. The van der Waals surface area contributed by atoms with Crippen LogP contribution in [0.25, 0.3) is 0 Å². The summed E-state index contributed by atoms with van der Waals surface area (Å²) >= 11 is 16.3. The first-order valence-corrected chi connectivity index (χ1v) is 11.8. The van der Waals surface area contributed by atoms with Crippen LogP contribution in [0.5, 0.6) is 0 Å². The Labute approximate surface area is 184 Å². The number of benzene rings is 1. The number of rotatable bonds is 8. The van der Waals surface area contributed by atoms with Crippen LogP contribution < -0.4 is 5.32 Å². The molecule has 2 aromatic heterocycles. The normalized spacial score (nSPS) is 10.8. The van der Waals surface area contributed by atoms with Crippen molar-refractivity contribution in [1.82, 2.24) is 20.2 Å². The predicted molar refractivity (Wildman–Crippen MR) is 117 cm³/mol. The molecule has 0 unspecified atom stereocenters. The molecule has 0 aliphatic heterocycles. The van der Waals surface area contributed by atoms with Crippen molar-refractivity contribution in [2.45, 2.75) is 28.6 Å². The maximum atomic E-state index is 12.5. The topological polar surface area (TPSA) is 80.7 Å². The zero-order valence-electron chi connectivity index (χ0n) is 14.7. The second-order valence-corrected chi connectivity index (χ2v) is 9.55. The van der Waals surface area contributed by atoms with Crippen molar-refractivity contribution in [3.05, 3.63) is 51.8 Å². The molecule has 0 spiro atoms. The van der Waals surface area contributed by atoms with Gasteiger partial charge in [0, 0.05) is 16.5 Å². The van der Waals surface area contributed by atoms with Crippen LogP contribution in [0.15, 0.2) is 40.0 Å². The number of nitrogens with one attached hydrogen (secondary N) is 1. The molecule has 1 N–H and O–H groups in total. The third-order valence-corrected chi connectivity index (χ3v) is 6.91. The molecule has 0 bridgehead atoms. The van der Waals surface area contributed by atoms with E-state index in [1.54, 1.807) is 0 Å². The van der Waals surface area contributed by atoms with Crippen LogP contribution in [0.2, 0.25) is 10.0 Å². The molecule has 3 rings (SSSR count). The highest BCUT2D eigenvalue weighted by Gasteiger charge is 2.17. The number of anilines is 1. The van der Waals surface area contributed by atoms with Crippen molar-refractivity contribution in [2.75, 3.05) is 11.1 Å². The first kappa shape index (κ1) is 21.3. The molecule has 3 aromatic rings. The Balaban J connectivity index is 1.61. The second-order valence-electron chi connectivity index (χ2n) is 5.44. The molecule has 0 radical (unpaired) electrons. The standard InChI is InChI=1S/C17H15Cl2N5OS3/c1-2-7-26-15-20-8-12(19)13(21-15)14(25)22-16-23-24-17(28-16)27-9-10-3-5-11(18)6-4-10/h3-6,8H,2,7,9H2,1H3,(H,22,23,25). The largest absolute Gasteiger partial charge is 0.295 e. The molecule has 146 valence electrons. The van der Waals surface area contributed by atoms with Gasteiger partial charge in [0.2, 0.25) is 5.13 Å². The van der Waals surface area contributed by atoms with Crippen LogP contribution in [0, 0.1) is 0 Å². The average molecular weight is 472 g/mol. The van der Waals surface area contributed by atoms with E-state index in [0.29, 0.717) is 15.3 Å². The van der Waals surface area contributed by atoms with Crippen LogP contribution in [-0.4, -0.2) is 31.8 Å². The molecular weight excluding hydrogens is 457 g/mol. The number of aromatic nitrogens is 4. The molecular formula is C17H15Cl2N5OS3. The fraction of sp³-hybridized carbons (Fsp3) is 0.235. The number of nitrogens with zero attached hydrogens (tertiary/aromatic N) is 4. The number of carbonyl (C=O) groups excluding carboxylic acids is 1. The number of thioether (sulfide) groups is 2. The first-order valence-electron chi connectivity index (χ1n) is 8.22. The smallest absolute Gasteiger partial charge is 0.277 e. The van der Waals surface area contributed by atoms with Gasteiger partial charge in [-0.05, 0) is 24.1 Å². The van der Waals surface area contributed by atoms with Crippen molar-refractivity contribution in [3.8, 4) is 0 Å². The van der Waals surface area contributed by atoms with E-state index in [4.69, 9.17) is 23.2 Å². The number of hydrogen-bond acceptors (Lipinski definition) is 8. The predicted octanol–water partition coefficient (Wildman–Crippen LogP) is 5.68. The maximum absolute atomic E-state index is 12.5. The molecule has 1 aromatic carbocycles. The van der Waals surface area contributed by atoms with Gasteiger partial charge in [-0.3, -0.25) is 10.1 Å². The lowest BCUT2D eigenvalue weighted by atomic mass is 10.2. The van der Waals surface area contributed by atoms with Gasteiger partial charge in [0.1, 0.15) is 0 Å². The molecule has 0 aliphatic carbocycles. The van der Waals surface area contributed by atoms with Crippen molar-refractivity contribution in [3.63, 3.8) is 0 Å². The lowest BCUT2D eigenvalue weighted by Crippen LogP contribution is -2.15. The average Bonchev–Trinajstić information content (AvgIpc) is 3.14. The molecule has 6 nitrogen and oxygen atoms in total. The molecule has 2 heterocycles. The van der Waals surface area contributed by atoms with Crippen molar-refractivity contribution in [1.29, 1.82) is 0 Å². The molecule has 0 fully saturated rings. The summed E-state index contributed by atoms with van der Waals surface area (Å²) in [5.41, 5.74) is 1.25. The molecule has 0 saturated carbocycles. The third-order valence-electron chi connectivity index (χ3n) is 3.27. The number of carbonyl (C=O) groups is 1. The lowest BCUT2D eigenvalue weighted by molar-refractivity contribution is 0.102. The van der Waals surface area contributed by atoms with E-state index in [2.05, 4.69) is 32.4 Å². The second kappa shape index (κ2) is 10.4. The molecule has 0 saturated heterocycles. The van der Waals surface area contributed by atoms with Gasteiger partial charge < -0.3 is 0 Å². The summed E-state index contributed by atoms with van der Waals surface area (Å²) in [6.45, 7) is 2.06. The Morgan fingerprint density at radius 1 is 1.18 bits per heavy atom. The van der Waals surface area contributed by atoms with Crippen LogP contribution in [-0.2, 0) is 5.75 Å². The summed E-state index contributed by atoms with van der Waals surface area (Å²) in [7, 11) is 0. The van der Waals surface area contributed by atoms with Gasteiger partial charge in [0.05, 0.1) is 11.2 Å². The Hall–Kier alpha value is -1.39. The van der Waals surface area contributed by atoms with Crippen molar-refractivity contribution in [2.24, 2.45) is 0 Å². The number of hydrogen-bond donors (Lipinski definition) is 1. The Kier molecular flexibility index (Phi) is 7.92. The van der Waals surface area contributed by atoms with Gasteiger partial charge in [-0.1, -0.05) is 77.1 Å². The summed E-state index contributed by atoms with van der Waals surface area (Å²) in [6, 6.07) is 7.62. The van der Waals surface area contributed by atoms with Crippen LogP contribution >= 0.6 is 58.1 Å². The van der Waals surface area contributed by atoms with Crippen LogP contribution in [0.1, 0.15) is 29.4 Å². The van der Waals surface area contributed by atoms with Crippen molar-refractivity contribution < 1.29 is 4.79 Å². The molecule has 1 amide bonds. The minimum absolute atomic E-state index is 0.126. The maximum Gasteiger partial charge on any atom is 0.277 e. The van der Waals surface area contributed by atoms with E-state index in [1.165, 1.54) is 41.1 Å². The van der Waals surface area contributed by atoms with Gasteiger partial charge in [0.25, 0.3) is 5.91 Å².